The summed E-state index contributed by atoms with van der Waals surface area (Å²) in [7, 11) is 1.21. The van der Waals surface area contributed by atoms with Gasteiger partial charge in [-0.1, -0.05) is 0 Å². The molecule has 3 atom stereocenters. The number of hydrogen-bond donors (Lipinski definition) is 1. The third-order valence-corrected chi connectivity index (χ3v) is 4.78. The van der Waals surface area contributed by atoms with Crippen LogP contribution in [-0.2, 0) is 38.1 Å². The molecule has 1 saturated heterocycles. The lowest BCUT2D eigenvalue weighted by molar-refractivity contribution is -0.166. The van der Waals surface area contributed by atoms with Crippen LogP contribution in [-0.4, -0.2) is 84.9 Å². The molecule has 0 aromatic rings. The van der Waals surface area contributed by atoms with E-state index >= 15 is 0 Å². The number of carbonyl (C=O) groups is 4. The largest absolute Gasteiger partial charge is 0.466 e. The second-order valence-electron chi connectivity index (χ2n) is 10.1. The van der Waals surface area contributed by atoms with Crippen LogP contribution in [0.25, 0.3) is 0 Å². The van der Waals surface area contributed by atoms with E-state index in [0.29, 0.717) is 19.4 Å². The average Bonchev–Trinajstić information content (AvgIpc) is 2.60. The quantitative estimate of drug-likeness (QED) is 0.350. The fourth-order valence-corrected chi connectivity index (χ4v) is 3.26. The highest BCUT2D eigenvalue weighted by atomic mass is 16.6. The molecule has 10 heteroatoms. The Balaban J connectivity index is 2.73. The topological polar surface area (TPSA) is 120 Å². The Morgan fingerprint density at radius 2 is 1.58 bits per heavy atom. The van der Waals surface area contributed by atoms with Crippen molar-refractivity contribution in [3.63, 3.8) is 0 Å². The summed E-state index contributed by atoms with van der Waals surface area (Å²) in [6.07, 6.45) is 0.176. The minimum Gasteiger partial charge on any atom is -0.466 e. The Hall–Kier alpha value is -2.20. The van der Waals surface area contributed by atoms with Gasteiger partial charge in [-0.05, 0) is 54.4 Å². The summed E-state index contributed by atoms with van der Waals surface area (Å²) in [4.78, 5) is 50.2. The Bertz CT molecular complexity index is 696. The molecular formula is C23H40N2O8. The normalized spacial score (nSPS) is 18.5. The summed E-state index contributed by atoms with van der Waals surface area (Å²) < 4.78 is 20.7. The molecule has 1 aliphatic heterocycles. The maximum Gasteiger partial charge on any atom is 0.347 e. The van der Waals surface area contributed by atoms with E-state index in [0.717, 1.165) is 6.54 Å². The van der Waals surface area contributed by atoms with Gasteiger partial charge in [0.1, 0.15) is 23.3 Å². The van der Waals surface area contributed by atoms with Crippen LogP contribution in [0, 0.1) is 0 Å². The van der Waals surface area contributed by atoms with Crippen LogP contribution in [0.1, 0.15) is 67.7 Å². The molecule has 1 heterocycles. The van der Waals surface area contributed by atoms with Gasteiger partial charge < -0.3 is 24.3 Å². The summed E-state index contributed by atoms with van der Waals surface area (Å²) in [5.41, 5.74) is -1.23. The third-order valence-electron chi connectivity index (χ3n) is 4.78. The van der Waals surface area contributed by atoms with Crippen LogP contribution in [0.4, 0.5) is 0 Å². The molecule has 3 unspecified atom stereocenters. The first kappa shape index (κ1) is 28.8. The maximum absolute atomic E-state index is 12.8. The summed E-state index contributed by atoms with van der Waals surface area (Å²) >= 11 is 0. The van der Waals surface area contributed by atoms with Gasteiger partial charge in [-0.15, -0.1) is 0 Å². The molecule has 1 rings (SSSR count). The van der Waals surface area contributed by atoms with Gasteiger partial charge in [0, 0.05) is 33.0 Å². The average molecular weight is 473 g/mol. The van der Waals surface area contributed by atoms with Crippen LogP contribution >= 0.6 is 0 Å². The number of nitrogens with zero attached hydrogens (tertiary/aromatic N) is 1. The van der Waals surface area contributed by atoms with Crippen LogP contribution in [0.15, 0.2) is 0 Å². The van der Waals surface area contributed by atoms with Crippen LogP contribution in [0.2, 0.25) is 0 Å². The molecular weight excluding hydrogens is 432 g/mol. The van der Waals surface area contributed by atoms with Crippen molar-refractivity contribution in [2.24, 2.45) is 0 Å². The van der Waals surface area contributed by atoms with Crippen LogP contribution in [0.3, 0.4) is 0 Å². The Labute approximate surface area is 196 Å². The highest BCUT2D eigenvalue weighted by Crippen LogP contribution is 2.22. The van der Waals surface area contributed by atoms with Crippen molar-refractivity contribution in [3.8, 4) is 0 Å². The number of carbonyl (C=O) groups excluding carboxylic acids is 4. The smallest absolute Gasteiger partial charge is 0.347 e. The zero-order valence-electron chi connectivity index (χ0n) is 21.2. The van der Waals surface area contributed by atoms with Crippen LogP contribution in [0.5, 0.6) is 0 Å². The lowest BCUT2D eigenvalue weighted by Gasteiger charge is -2.40. The van der Waals surface area contributed by atoms with E-state index in [1.54, 1.807) is 20.8 Å². The van der Waals surface area contributed by atoms with E-state index < -0.39 is 41.3 Å². The van der Waals surface area contributed by atoms with Gasteiger partial charge in [0.25, 0.3) is 0 Å². The van der Waals surface area contributed by atoms with E-state index in [-0.39, 0.29) is 25.0 Å². The number of likely N-dealkylation sites (tertiary alicyclic amines) is 1. The van der Waals surface area contributed by atoms with Crippen LogP contribution < -0.4 is 5.32 Å². The van der Waals surface area contributed by atoms with E-state index in [4.69, 9.17) is 14.2 Å². The van der Waals surface area contributed by atoms with Gasteiger partial charge in [0.2, 0.25) is 0 Å². The molecule has 0 saturated carbocycles. The van der Waals surface area contributed by atoms with Gasteiger partial charge in [-0.3, -0.25) is 19.3 Å². The Morgan fingerprint density at radius 1 is 0.970 bits per heavy atom. The van der Waals surface area contributed by atoms with Gasteiger partial charge >= 0.3 is 23.9 Å². The van der Waals surface area contributed by atoms with Crippen molar-refractivity contribution in [1.29, 1.82) is 0 Å². The minimum absolute atomic E-state index is 0.135. The predicted octanol–water partition coefficient (Wildman–Crippen LogP) is 1.59. The van der Waals surface area contributed by atoms with Gasteiger partial charge in [-0.2, -0.15) is 0 Å². The molecule has 0 radical (unpaired) electrons. The number of rotatable bonds is 11. The second-order valence-corrected chi connectivity index (χ2v) is 10.1. The number of hydrogen-bond acceptors (Lipinski definition) is 10. The van der Waals surface area contributed by atoms with E-state index in [9.17, 15) is 19.2 Å². The number of esters is 4. The highest BCUT2D eigenvalue weighted by molar-refractivity contribution is 5.79. The molecule has 0 spiro atoms. The first-order valence-corrected chi connectivity index (χ1v) is 11.3. The predicted molar refractivity (Wildman–Crippen MR) is 120 cm³/mol. The summed E-state index contributed by atoms with van der Waals surface area (Å²) in [6.45, 7) is 13.5. The summed E-state index contributed by atoms with van der Waals surface area (Å²) in [5, 5.41) is 3.09. The standard InChI is InChI=1S/C23H40N2O8/c1-15(26)31-18(21(29)30-8)9-12-24-16(19(27)32-22(2,3)4)10-13-25-14-11-17(25)20(28)33-23(5,6)7/h16-18,24H,9-14H2,1-8H3. The molecule has 0 aliphatic carbocycles. The van der Waals surface area contributed by atoms with Gasteiger partial charge in [0.15, 0.2) is 6.10 Å². The van der Waals surface area contributed by atoms with Crippen molar-refractivity contribution < 1.29 is 38.1 Å². The number of nitrogens with one attached hydrogen (secondary N) is 1. The fourth-order valence-electron chi connectivity index (χ4n) is 3.26. The minimum atomic E-state index is -1.06. The Morgan fingerprint density at radius 3 is 2.03 bits per heavy atom. The molecule has 10 nitrogen and oxygen atoms in total. The van der Waals surface area contributed by atoms with E-state index in [2.05, 4.69) is 10.1 Å². The van der Waals surface area contributed by atoms with Crippen molar-refractivity contribution in [3.05, 3.63) is 0 Å². The monoisotopic (exact) mass is 472 g/mol. The third kappa shape index (κ3) is 11.0. The van der Waals surface area contributed by atoms with Crippen molar-refractivity contribution in [1.82, 2.24) is 10.2 Å². The first-order chi connectivity index (χ1) is 15.1. The zero-order valence-corrected chi connectivity index (χ0v) is 21.2. The highest BCUT2D eigenvalue weighted by Gasteiger charge is 2.38. The maximum atomic E-state index is 12.8. The summed E-state index contributed by atoms with van der Waals surface area (Å²) in [6, 6.07) is -0.990. The van der Waals surface area contributed by atoms with E-state index in [1.807, 2.05) is 25.7 Å². The van der Waals surface area contributed by atoms with Crippen molar-refractivity contribution in [2.45, 2.75) is 97.1 Å². The lowest BCUT2D eigenvalue weighted by atomic mass is 10.0. The lowest BCUT2D eigenvalue weighted by Crippen LogP contribution is -2.55. The van der Waals surface area contributed by atoms with Gasteiger partial charge in [-0.25, -0.2) is 4.79 Å². The zero-order chi connectivity index (χ0) is 25.4. The number of ether oxygens (including phenoxy) is 4. The molecule has 1 fully saturated rings. The van der Waals surface area contributed by atoms with Gasteiger partial charge in [0.05, 0.1) is 7.11 Å². The summed E-state index contributed by atoms with van der Waals surface area (Å²) in [5.74, 6) is -1.96. The second kappa shape index (κ2) is 12.3. The molecule has 190 valence electrons. The van der Waals surface area contributed by atoms with E-state index in [1.165, 1.54) is 14.0 Å². The molecule has 1 aliphatic rings. The van der Waals surface area contributed by atoms with Crippen molar-refractivity contribution >= 4 is 23.9 Å². The Kier molecular flexibility index (Phi) is 10.8. The fraction of sp³-hybridized carbons (Fsp3) is 0.826. The number of methoxy groups -OCH3 is 1. The van der Waals surface area contributed by atoms with Crippen molar-refractivity contribution in [2.75, 3.05) is 26.7 Å². The molecule has 0 amide bonds. The molecule has 0 aromatic heterocycles. The molecule has 1 N–H and O–H groups in total. The molecule has 0 bridgehead atoms. The molecule has 0 aromatic carbocycles. The SMILES string of the molecule is COC(=O)C(CCNC(CCN1CCC1C(=O)OC(C)(C)C)C(=O)OC(C)(C)C)OC(C)=O. The molecule has 33 heavy (non-hydrogen) atoms. The first-order valence-electron chi connectivity index (χ1n) is 11.3.